The number of anilines is 2. The van der Waals surface area contributed by atoms with Crippen molar-refractivity contribution in [1.82, 2.24) is 9.80 Å². The van der Waals surface area contributed by atoms with E-state index >= 15 is 0 Å². The molecule has 0 aliphatic carbocycles. The zero-order valence-corrected chi connectivity index (χ0v) is 62.9. The largest absolute Gasteiger partial charge is 0.382 e. The predicted molar refractivity (Wildman–Crippen MR) is 431 cm³/mol. The van der Waals surface area contributed by atoms with E-state index in [0.29, 0.717) is 58.7 Å². The molecule has 4 aliphatic heterocycles. The Kier molecular flexibility index (Phi) is 28.3. The van der Waals surface area contributed by atoms with Crippen LogP contribution in [0.2, 0.25) is 0 Å². The second-order valence-corrected chi connectivity index (χ2v) is 31.5. The van der Waals surface area contributed by atoms with Gasteiger partial charge in [0.15, 0.2) is 0 Å². The van der Waals surface area contributed by atoms with E-state index in [1.165, 1.54) is 230 Å². The number of unbranched alkanes of at least 4 members (excludes halogenated alkanes) is 2. The molecule has 9 unspecified atom stereocenters. The molecule has 4 aliphatic rings. The molecule has 0 saturated carbocycles. The highest BCUT2D eigenvalue weighted by Crippen LogP contribution is 2.47. The van der Waals surface area contributed by atoms with Gasteiger partial charge in [-0.2, -0.15) is 0 Å². The van der Waals surface area contributed by atoms with E-state index in [9.17, 15) is 0 Å². The van der Waals surface area contributed by atoms with Crippen molar-refractivity contribution in [3.8, 4) is 0 Å². The Morgan fingerprint density at radius 1 is 0.417 bits per heavy atom. The van der Waals surface area contributed by atoms with Crippen LogP contribution in [-0.4, -0.2) is 41.0 Å². The molecule has 0 spiro atoms. The van der Waals surface area contributed by atoms with Crippen molar-refractivity contribution in [2.45, 2.75) is 280 Å². The molecule has 10 bridgehead atoms. The van der Waals surface area contributed by atoms with Crippen LogP contribution in [0.1, 0.15) is 288 Å². The fourth-order valence-corrected chi connectivity index (χ4v) is 17.5. The van der Waals surface area contributed by atoms with Crippen molar-refractivity contribution in [1.29, 1.82) is 0 Å². The van der Waals surface area contributed by atoms with Gasteiger partial charge in [0.05, 0.1) is 0 Å². The summed E-state index contributed by atoms with van der Waals surface area (Å²) in [6, 6.07) is 35.6. The minimum Gasteiger partial charge on any atom is -0.382 e. The zero-order chi connectivity index (χ0) is 69.1. The maximum absolute atomic E-state index is 4.81. The van der Waals surface area contributed by atoms with Crippen molar-refractivity contribution >= 4 is 79.0 Å². The van der Waals surface area contributed by atoms with Crippen LogP contribution < -0.4 is 10.6 Å². The standard InChI is InChI=1S/C92H132N4/c1-19-76-40-28-43-83-79(55-54-77(20-2)88(76)83)39-26-25-27-60-92(24-6)63-33-37-65(7)46-50-69(11)93-86-58-56-78(21-3)89-80(41-29-44-84(86)89)73(15)95(18)71(13)52-48-67(9)35-31-61-91(22-4,23-5)62-32-36-68(10)49-53-72(14)96-74(16)81-42-30-45-85-87(59-57-82(75(96)17)90(81)85)94-70(12)51-47-66(8)38-34-64-92/h19-21,28-30,40-45,54-59,65-72,93-94H,1-3,15-17,22-27,31-39,46-53,60-64H2,4-14,18H3. The van der Waals surface area contributed by atoms with Crippen molar-refractivity contribution < 1.29 is 0 Å². The molecule has 6 aromatic carbocycles. The lowest BCUT2D eigenvalue weighted by molar-refractivity contribution is 0.179. The molecule has 6 aromatic rings. The molecule has 0 aromatic heterocycles. The Bertz CT molecular complexity index is 3520. The van der Waals surface area contributed by atoms with Crippen LogP contribution >= 0.6 is 0 Å². The summed E-state index contributed by atoms with van der Waals surface area (Å²) in [6.07, 6.45) is 41.4. The molecule has 0 radical (unpaired) electrons. The van der Waals surface area contributed by atoms with E-state index in [1.807, 2.05) is 18.2 Å². The summed E-state index contributed by atoms with van der Waals surface area (Å²) in [4.78, 5) is 4.92. The molecule has 10 rings (SSSR count). The lowest BCUT2D eigenvalue weighted by Crippen LogP contribution is -2.32. The average molecular weight is 1290 g/mol. The average Bonchev–Trinajstić information content (AvgIpc) is 0.748. The molecule has 0 amide bonds. The van der Waals surface area contributed by atoms with E-state index in [1.54, 1.807) is 0 Å². The van der Waals surface area contributed by atoms with Gasteiger partial charge in [0, 0.05) is 97.9 Å². The van der Waals surface area contributed by atoms with Gasteiger partial charge >= 0.3 is 0 Å². The van der Waals surface area contributed by atoms with Gasteiger partial charge in [-0.25, -0.2) is 0 Å². The molecule has 0 fully saturated rings. The van der Waals surface area contributed by atoms with Crippen LogP contribution in [0, 0.1) is 34.5 Å². The van der Waals surface area contributed by atoms with Crippen LogP contribution in [-0.2, 0) is 6.42 Å². The van der Waals surface area contributed by atoms with Crippen molar-refractivity contribution in [2.75, 3.05) is 17.7 Å². The summed E-state index contributed by atoms with van der Waals surface area (Å²) in [5.74, 6) is 2.74. The van der Waals surface area contributed by atoms with Gasteiger partial charge in [-0.1, -0.05) is 269 Å². The number of hydrogen-bond acceptors (Lipinski definition) is 4. The highest BCUT2D eigenvalue weighted by Gasteiger charge is 2.32. The number of benzene rings is 6. The van der Waals surface area contributed by atoms with Gasteiger partial charge in [-0.3, -0.25) is 0 Å². The predicted octanol–water partition coefficient (Wildman–Crippen LogP) is 27.7. The first-order valence-electron chi connectivity index (χ1n) is 38.9. The maximum Gasteiger partial charge on any atom is 0.0422 e. The number of rotatable bonds is 12. The fourth-order valence-electron chi connectivity index (χ4n) is 17.5. The first-order chi connectivity index (χ1) is 46.2. The smallest absolute Gasteiger partial charge is 0.0422 e. The number of fused-ring (bicyclic) bond motifs is 2. The maximum atomic E-state index is 4.81. The third-order valence-corrected chi connectivity index (χ3v) is 24.7. The number of nitrogens with one attached hydrogen (secondary N) is 2. The van der Waals surface area contributed by atoms with Gasteiger partial charge in [0.25, 0.3) is 0 Å². The molecular weight excluding hydrogens is 1160 g/mol. The molecular formula is C92H132N4. The second-order valence-electron chi connectivity index (χ2n) is 31.5. The molecule has 4 heteroatoms. The third-order valence-electron chi connectivity index (χ3n) is 24.7. The summed E-state index contributed by atoms with van der Waals surface area (Å²) in [5, 5.41) is 15.8. The number of aryl methyl sites for hydroxylation is 1. The molecule has 4 nitrogen and oxygen atoms in total. The van der Waals surface area contributed by atoms with Gasteiger partial charge in [0.1, 0.15) is 0 Å². The normalized spacial score (nSPS) is 25.0. The second kappa shape index (κ2) is 36.0. The van der Waals surface area contributed by atoms with Crippen LogP contribution in [0.3, 0.4) is 0 Å². The fraction of sp³-hybridized carbons (Fsp3) is 0.543. The minimum absolute atomic E-state index is 0.321. The first-order valence-corrected chi connectivity index (χ1v) is 38.9. The van der Waals surface area contributed by atoms with Crippen LogP contribution in [0.15, 0.2) is 130 Å². The van der Waals surface area contributed by atoms with Crippen LogP contribution in [0.5, 0.6) is 0 Å². The van der Waals surface area contributed by atoms with Gasteiger partial charge < -0.3 is 20.4 Å². The summed E-state index contributed by atoms with van der Waals surface area (Å²) < 4.78 is 0. The minimum atomic E-state index is 0.321. The topological polar surface area (TPSA) is 30.5 Å². The summed E-state index contributed by atoms with van der Waals surface area (Å²) in [5.41, 5.74) is 15.3. The quantitative estimate of drug-likeness (QED) is 0.120. The van der Waals surface area contributed by atoms with Crippen LogP contribution in [0.25, 0.3) is 67.6 Å². The number of nitrogens with zero attached hydrogens (tertiary/aromatic N) is 2. The van der Waals surface area contributed by atoms with Crippen molar-refractivity contribution in [2.24, 2.45) is 34.5 Å². The lowest BCUT2D eigenvalue weighted by atomic mass is 9.71. The highest BCUT2D eigenvalue weighted by atomic mass is 15.2. The van der Waals surface area contributed by atoms with Gasteiger partial charge in [0.2, 0.25) is 0 Å². The molecule has 96 heavy (non-hydrogen) atoms. The Labute approximate surface area is 587 Å². The summed E-state index contributed by atoms with van der Waals surface area (Å²) in [7, 11) is 2.27. The van der Waals surface area contributed by atoms with E-state index in [2.05, 4.69) is 214 Å². The SMILES string of the molecule is C=Cc1cccc2c(CCCCCC3(CC)CCCC(C)CCC(C)Nc4ccc(C=C)c5c(cccc45)C(=C)N(C)C(C)CCC(C)CCCC(CC)(CC)CCCC(C)CCC(C)N4C(=C)c5cccc6c(ccc(c56)C4=C)NC(C)CCC(C)CCC3)ccc(C=C)c12. The monoisotopic (exact) mass is 1290 g/mol. The Morgan fingerprint density at radius 2 is 0.844 bits per heavy atom. The van der Waals surface area contributed by atoms with Gasteiger partial charge in [-0.15, -0.1) is 0 Å². The van der Waals surface area contributed by atoms with Crippen molar-refractivity contribution in [3.63, 3.8) is 0 Å². The molecule has 0 saturated heterocycles. The molecule has 520 valence electrons. The van der Waals surface area contributed by atoms with Crippen LogP contribution in [0.4, 0.5) is 11.4 Å². The first kappa shape index (κ1) is 75.5. The highest BCUT2D eigenvalue weighted by molar-refractivity contribution is 6.10. The van der Waals surface area contributed by atoms with Crippen molar-refractivity contribution in [3.05, 3.63) is 169 Å². The summed E-state index contributed by atoms with van der Waals surface area (Å²) >= 11 is 0. The summed E-state index contributed by atoms with van der Waals surface area (Å²) in [6.45, 7) is 54.1. The molecule has 2 N–H and O–H groups in total. The Morgan fingerprint density at radius 3 is 1.38 bits per heavy atom. The Hall–Kier alpha value is -6.26. The molecule has 4 heterocycles. The number of hydrogen-bond donors (Lipinski definition) is 2. The Balaban J connectivity index is 0.966. The van der Waals surface area contributed by atoms with E-state index in [-0.39, 0.29) is 0 Å². The van der Waals surface area contributed by atoms with E-state index in [4.69, 9.17) is 19.7 Å². The van der Waals surface area contributed by atoms with E-state index in [0.717, 1.165) is 49.2 Å². The van der Waals surface area contributed by atoms with Gasteiger partial charge in [-0.05, 0) is 204 Å². The van der Waals surface area contributed by atoms with E-state index < -0.39 is 0 Å². The zero-order valence-electron chi connectivity index (χ0n) is 62.9. The third kappa shape index (κ3) is 18.9. The lowest BCUT2D eigenvalue weighted by Gasteiger charge is -2.39. The molecule has 9 atom stereocenters.